The second-order valence-corrected chi connectivity index (χ2v) is 7.81. The number of hydrogen-bond acceptors (Lipinski definition) is 4. The van der Waals surface area contributed by atoms with Crippen molar-refractivity contribution in [1.82, 2.24) is 5.32 Å². The number of ketones is 1. The number of ether oxygens (including phenoxy) is 1. The first kappa shape index (κ1) is 20.1. The number of benzene rings is 2. The van der Waals surface area contributed by atoms with Crippen LogP contribution in [0.25, 0.3) is 0 Å². The van der Waals surface area contributed by atoms with E-state index in [2.05, 4.69) is 11.4 Å². The van der Waals surface area contributed by atoms with E-state index in [1.54, 1.807) is 23.1 Å². The van der Waals surface area contributed by atoms with Crippen LogP contribution in [0.15, 0.2) is 42.5 Å². The summed E-state index contributed by atoms with van der Waals surface area (Å²) in [4.78, 5) is 39.3. The zero-order chi connectivity index (χ0) is 21.1. The van der Waals surface area contributed by atoms with E-state index in [0.29, 0.717) is 17.0 Å². The van der Waals surface area contributed by atoms with Gasteiger partial charge in [0.15, 0.2) is 11.9 Å². The second kappa shape index (κ2) is 8.69. The minimum Gasteiger partial charge on any atom is -0.477 e. The van der Waals surface area contributed by atoms with Crippen LogP contribution in [-0.2, 0) is 22.4 Å². The summed E-state index contributed by atoms with van der Waals surface area (Å²) in [6.45, 7) is 0.128. The summed E-state index contributed by atoms with van der Waals surface area (Å²) < 4.78 is 5.74. The molecule has 0 fully saturated rings. The Hall–Kier alpha value is -3.15. The van der Waals surface area contributed by atoms with Crippen LogP contribution in [-0.4, -0.2) is 37.3 Å². The quantitative estimate of drug-likeness (QED) is 0.775. The first-order valence-corrected chi connectivity index (χ1v) is 10.5. The van der Waals surface area contributed by atoms with Gasteiger partial charge in [0, 0.05) is 25.5 Å². The molecule has 1 N–H and O–H groups in total. The van der Waals surface area contributed by atoms with Gasteiger partial charge in [-0.15, -0.1) is 0 Å². The molecule has 1 aliphatic carbocycles. The van der Waals surface area contributed by atoms with E-state index in [0.717, 1.165) is 19.3 Å². The number of rotatable bonds is 5. The molecule has 2 amide bonds. The van der Waals surface area contributed by atoms with Gasteiger partial charge in [-0.3, -0.25) is 14.4 Å². The minimum absolute atomic E-state index is 0.0267. The number of likely N-dealkylation sites (N-methyl/N-ethyl adjacent to an activating group) is 1. The first-order valence-electron chi connectivity index (χ1n) is 10.5. The highest BCUT2D eigenvalue weighted by Crippen LogP contribution is 2.33. The third-order valence-corrected chi connectivity index (χ3v) is 5.85. The van der Waals surface area contributed by atoms with E-state index in [1.165, 1.54) is 24.6 Å². The Kier molecular flexibility index (Phi) is 5.84. The Morgan fingerprint density at radius 3 is 2.60 bits per heavy atom. The van der Waals surface area contributed by atoms with Crippen molar-refractivity contribution in [2.45, 2.75) is 44.6 Å². The van der Waals surface area contributed by atoms with Crippen molar-refractivity contribution >= 4 is 23.3 Å². The summed E-state index contributed by atoms with van der Waals surface area (Å²) in [5.74, 6) is -0.00812. The molecule has 0 unspecified atom stereocenters. The van der Waals surface area contributed by atoms with Gasteiger partial charge in [-0.25, -0.2) is 0 Å². The standard InChI is InChI=1S/C24H26N2O4/c1-25-24(29)22-15-26(19-8-4-5-9-21(19)30-22)23(28)13-12-20(27)18-11-10-16-6-2-3-7-17(16)14-18/h4-5,8-11,14,22H,2-3,6-7,12-13,15H2,1H3,(H,25,29)/t22-/m1/s1. The van der Waals surface area contributed by atoms with Crippen molar-refractivity contribution in [3.8, 4) is 5.75 Å². The van der Waals surface area contributed by atoms with E-state index < -0.39 is 6.10 Å². The fourth-order valence-corrected chi connectivity index (χ4v) is 4.17. The molecule has 0 saturated heterocycles. The molecule has 6 nitrogen and oxygen atoms in total. The summed E-state index contributed by atoms with van der Waals surface area (Å²) in [6.07, 6.45) is 3.91. The molecule has 1 heterocycles. The molecule has 1 atom stereocenters. The summed E-state index contributed by atoms with van der Waals surface area (Å²) in [6, 6.07) is 13.1. The van der Waals surface area contributed by atoms with Crippen molar-refractivity contribution in [3.05, 3.63) is 59.2 Å². The Morgan fingerprint density at radius 2 is 1.80 bits per heavy atom. The topological polar surface area (TPSA) is 75.7 Å². The SMILES string of the molecule is CNC(=O)[C@H]1CN(C(=O)CCC(=O)c2ccc3c(c2)CCCC3)c2ccccc2O1. The third kappa shape index (κ3) is 4.08. The van der Waals surface area contributed by atoms with Gasteiger partial charge in [-0.2, -0.15) is 0 Å². The lowest BCUT2D eigenvalue weighted by molar-refractivity contribution is -0.127. The molecular formula is C24H26N2O4. The lowest BCUT2D eigenvalue weighted by atomic mass is 9.89. The van der Waals surface area contributed by atoms with E-state index in [9.17, 15) is 14.4 Å². The molecule has 30 heavy (non-hydrogen) atoms. The van der Waals surface area contributed by atoms with Gasteiger partial charge in [0.25, 0.3) is 5.91 Å². The molecule has 2 aliphatic rings. The molecular weight excluding hydrogens is 380 g/mol. The average Bonchev–Trinajstić information content (AvgIpc) is 2.80. The maximum Gasteiger partial charge on any atom is 0.262 e. The van der Waals surface area contributed by atoms with Gasteiger partial charge in [0.2, 0.25) is 5.91 Å². The number of para-hydroxylation sites is 2. The molecule has 0 radical (unpaired) electrons. The van der Waals surface area contributed by atoms with Crippen LogP contribution in [0.2, 0.25) is 0 Å². The van der Waals surface area contributed by atoms with Crippen molar-refractivity contribution in [1.29, 1.82) is 0 Å². The molecule has 156 valence electrons. The number of hydrogen-bond donors (Lipinski definition) is 1. The second-order valence-electron chi connectivity index (χ2n) is 7.81. The Bertz CT molecular complexity index is 985. The lowest BCUT2D eigenvalue weighted by Gasteiger charge is -2.34. The van der Waals surface area contributed by atoms with Crippen LogP contribution in [0.5, 0.6) is 5.75 Å². The number of amides is 2. The molecule has 0 bridgehead atoms. The number of Topliss-reactive ketones (excluding diaryl/α,β-unsaturated/α-hetero) is 1. The van der Waals surface area contributed by atoms with Crippen LogP contribution >= 0.6 is 0 Å². The summed E-state index contributed by atoms with van der Waals surface area (Å²) >= 11 is 0. The molecule has 2 aromatic rings. The summed E-state index contributed by atoms with van der Waals surface area (Å²) in [7, 11) is 1.54. The molecule has 4 rings (SSSR count). The van der Waals surface area contributed by atoms with Gasteiger partial charge < -0.3 is 15.0 Å². The lowest BCUT2D eigenvalue weighted by Crippen LogP contribution is -2.50. The van der Waals surface area contributed by atoms with Crippen molar-refractivity contribution in [2.24, 2.45) is 0 Å². The van der Waals surface area contributed by atoms with Crippen molar-refractivity contribution in [2.75, 3.05) is 18.5 Å². The van der Waals surface area contributed by atoms with E-state index in [-0.39, 0.29) is 37.0 Å². The molecule has 0 spiro atoms. The summed E-state index contributed by atoms with van der Waals surface area (Å²) in [5.41, 5.74) is 3.89. The van der Waals surface area contributed by atoms with Crippen LogP contribution in [0.4, 0.5) is 5.69 Å². The first-order chi connectivity index (χ1) is 14.6. The van der Waals surface area contributed by atoms with Crippen LogP contribution < -0.4 is 15.0 Å². The molecule has 6 heteroatoms. The van der Waals surface area contributed by atoms with Crippen LogP contribution in [0, 0.1) is 0 Å². The zero-order valence-electron chi connectivity index (χ0n) is 17.1. The van der Waals surface area contributed by atoms with E-state index >= 15 is 0 Å². The van der Waals surface area contributed by atoms with Crippen LogP contribution in [0.1, 0.15) is 47.2 Å². The maximum absolute atomic E-state index is 13.0. The van der Waals surface area contributed by atoms with Crippen LogP contribution in [0.3, 0.4) is 0 Å². The number of aryl methyl sites for hydroxylation is 2. The van der Waals surface area contributed by atoms with E-state index in [1.807, 2.05) is 18.2 Å². The average molecular weight is 406 g/mol. The predicted octanol–water partition coefficient (Wildman–Crippen LogP) is 3.07. The van der Waals surface area contributed by atoms with Crippen molar-refractivity contribution in [3.63, 3.8) is 0 Å². The molecule has 1 aliphatic heterocycles. The van der Waals surface area contributed by atoms with E-state index in [4.69, 9.17) is 4.74 Å². The molecule has 2 aromatic carbocycles. The van der Waals surface area contributed by atoms with Gasteiger partial charge in [0.1, 0.15) is 5.75 Å². The fraction of sp³-hybridized carbons (Fsp3) is 0.375. The highest BCUT2D eigenvalue weighted by atomic mass is 16.5. The molecule has 0 aromatic heterocycles. The monoisotopic (exact) mass is 406 g/mol. The van der Waals surface area contributed by atoms with Gasteiger partial charge in [-0.05, 0) is 55.0 Å². The Morgan fingerprint density at radius 1 is 1.03 bits per heavy atom. The number of nitrogens with zero attached hydrogens (tertiary/aromatic N) is 1. The minimum atomic E-state index is -0.773. The van der Waals surface area contributed by atoms with Gasteiger partial charge in [-0.1, -0.05) is 24.3 Å². The molecule has 0 saturated carbocycles. The Balaban J connectivity index is 1.45. The highest BCUT2D eigenvalue weighted by molar-refractivity contribution is 6.02. The number of carbonyl (C=O) groups is 3. The third-order valence-electron chi connectivity index (χ3n) is 5.85. The normalized spacial score (nSPS) is 17.4. The number of nitrogens with one attached hydrogen (secondary N) is 1. The number of fused-ring (bicyclic) bond motifs is 2. The van der Waals surface area contributed by atoms with Gasteiger partial charge in [0.05, 0.1) is 12.2 Å². The van der Waals surface area contributed by atoms with Crippen molar-refractivity contribution < 1.29 is 19.1 Å². The largest absolute Gasteiger partial charge is 0.477 e. The Labute approximate surface area is 176 Å². The summed E-state index contributed by atoms with van der Waals surface area (Å²) in [5, 5.41) is 2.57. The predicted molar refractivity (Wildman–Crippen MR) is 114 cm³/mol. The number of anilines is 1. The maximum atomic E-state index is 13.0. The van der Waals surface area contributed by atoms with Gasteiger partial charge >= 0.3 is 0 Å². The zero-order valence-corrected chi connectivity index (χ0v) is 17.1. The highest BCUT2D eigenvalue weighted by Gasteiger charge is 2.33. The number of carbonyl (C=O) groups excluding carboxylic acids is 3. The fourth-order valence-electron chi connectivity index (χ4n) is 4.17. The smallest absolute Gasteiger partial charge is 0.262 e.